The fraction of sp³-hybridized carbons (Fsp3) is 0.944. The number of ether oxygens (including phenoxy) is 5. The third-order valence-corrected chi connectivity index (χ3v) is 11.5. The van der Waals surface area contributed by atoms with Gasteiger partial charge < -0.3 is 28.6 Å². The molecule has 4 aliphatic heterocycles. The van der Waals surface area contributed by atoms with Crippen molar-refractivity contribution in [1.29, 1.82) is 0 Å². The Morgan fingerprint density at radius 2 is 1.30 bits per heavy atom. The molecule has 4 fully saturated rings. The summed E-state index contributed by atoms with van der Waals surface area (Å²) >= 11 is 0. The molecule has 0 unspecified atom stereocenters. The second-order valence-corrected chi connectivity index (χ2v) is 14.9. The topological polar surface area (TPSA) is 83.5 Å². The third-order valence-electron chi connectivity index (χ3n) is 11.5. The van der Waals surface area contributed by atoms with Gasteiger partial charge in [0.1, 0.15) is 12.2 Å². The van der Waals surface area contributed by atoms with Crippen molar-refractivity contribution in [3.05, 3.63) is 0 Å². The van der Waals surface area contributed by atoms with Crippen LogP contribution >= 0.6 is 0 Å². The van der Waals surface area contributed by atoms with Crippen LogP contribution in [-0.2, 0) is 33.3 Å². The average Bonchev–Trinajstić information content (AvgIpc) is 3.78. The number of carbonyl (C=O) groups excluding carboxylic acids is 2. The zero-order valence-electron chi connectivity index (χ0n) is 29.2. The van der Waals surface area contributed by atoms with Crippen molar-refractivity contribution in [2.45, 2.75) is 174 Å². The van der Waals surface area contributed by atoms with Crippen molar-refractivity contribution in [2.75, 3.05) is 14.1 Å². The SMILES string of the molecule is CCC[C@H](C[C@@H]1CC[C@H]([C@@H](C)[C@@H]2OC(=O)[C@@H](C)[C@H]3CC[C@H](O3)[C@@H](C)[C@@H](CCC)OC(=O)[C@H](C)[C@H]3CC[C@H](O3)[C@H]2C)O1)N(C)C. The van der Waals surface area contributed by atoms with Crippen LogP contribution in [0, 0.1) is 29.6 Å². The van der Waals surface area contributed by atoms with E-state index in [0.717, 1.165) is 70.6 Å². The van der Waals surface area contributed by atoms with Crippen LogP contribution in [0.2, 0.25) is 0 Å². The van der Waals surface area contributed by atoms with Gasteiger partial charge >= 0.3 is 11.9 Å². The standard InChI is InChI=1S/C36H63NO7/c1-10-12-26(37(8)9)20-27-14-15-30(40-27)22(4)34-23(5)31-17-19-32(42-31)24(6)35(38)43-28(13-11-2)21(3)29-16-18-33(41-29)25(7)36(39)44-34/h21-34H,10-20H2,1-9H3/t21-,22+,23+,24+,25-,26+,27-,28+,29-,30+,31-,32+,33+,34-/m0/s1. The normalized spacial score (nSPS) is 41.9. The quantitative estimate of drug-likeness (QED) is 0.268. The highest BCUT2D eigenvalue weighted by Crippen LogP contribution is 2.40. The summed E-state index contributed by atoms with van der Waals surface area (Å²) in [7, 11) is 4.32. The summed E-state index contributed by atoms with van der Waals surface area (Å²) in [6.07, 6.45) is 9.49. The summed E-state index contributed by atoms with van der Waals surface area (Å²) in [5.74, 6) is -1.06. The summed E-state index contributed by atoms with van der Waals surface area (Å²) in [6.45, 7) is 14.7. The summed E-state index contributed by atoms with van der Waals surface area (Å²) < 4.78 is 32.5. The minimum absolute atomic E-state index is 0.0196. The maximum atomic E-state index is 13.8. The van der Waals surface area contributed by atoms with Crippen LogP contribution in [0.15, 0.2) is 0 Å². The molecule has 0 spiro atoms. The van der Waals surface area contributed by atoms with Crippen molar-refractivity contribution in [1.82, 2.24) is 4.90 Å². The van der Waals surface area contributed by atoms with E-state index in [1.807, 2.05) is 13.8 Å². The zero-order valence-corrected chi connectivity index (χ0v) is 29.2. The van der Waals surface area contributed by atoms with Gasteiger partial charge in [0.15, 0.2) is 0 Å². The molecule has 0 aromatic rings. The van der Waals surface area contributed by atoms with Crippen molar-refractivity contribution in [3.63, 3.8) is 0 Å². The lowest BCUT2D eigenvalue weighted by molar-refractivity contribution is -0.177. The van der Waals surface area contributed by atoms with Crippen molar-refractivity contribution in [2.24, 2.45) is 29.6 Å². The number of fused-ring (bicyclic) bond motifs is 4. The lowest BCUT2D eigenvalue weighted by atomic mass is 9.84. The lowest BCUT2D eigenvalue weighted by Crippen LogP contribution is -2.45. The number of hydrogen-bond acceptors (Lipinski definition) is 8. The van der Waals surface area contributed by atoms with E-state index < -0.39 is 0 Å². The first-order valence-corrected chi connectivity index (χ1v) is 18.0. The molecule has 8 nitrogen and oxygen atoms in total. The molecule has 0 aromatic carbocycles. The van der Waals surface area contributed by atoms with Gasteiger partial charge in [-0.15, -0.1) is 0 Å². The Balaban J connectivity index is 1.53. The highest BCUT2D eigenvalue weighted by molar-refractivity contribution is 5.73. The van der Waals surface area contributed by atoms with Gasteiger partial charge in [-0.25, -0.2) is 0 Å². The molecular weight excluding hydrogens is 558 g/mol. The van der Waals surface area contributed by atoms with Crippen LogP contribution in [0.3, 0.4) is 0 Å². The van der Waals surface area contributed by atoms with Gasteiger partial charge in [-0.05, 0) is 85.7 Å². The van der Waals surface area contributed by atoms with Crippen LogP contribution in [-0.4, -0.2) is 85.8 Å². The maximum absolute atomic E-state index is 13.8. The van der Waals surface area contributed by atoms with Gasteiger partial charge in [-0.3, -0.25) is 9.59 Å². The van der Waals surface area contributed by atoms with Crippen LogP contribution in [0.4, 0.5) is 0 Å². The Kier molecular flexibility index (Phi) is 13.0. The van der Waals surface area contributed by atoms with Gasteiger partial charge in [-0.1, -0.05) is 47.5 Å². The van der Waals surface area contributed by atoms with Crippen LogP contribution in [0.5, 0.6) is 0 Å². The Morgan fingerprint density at radius 1 is 0.727 bits per heavy atom. The Bertz CT molecular complexity index is 928. The first kappa shape index (κ1) is 35.6. The molecule has 8 heteroatoms. The molecular formula is C36H63NO7. The number of esters is 2. The van der Waals surface area contributed by atoms with Crippen LogP contribution in [0.25, 0.3) is 0 Å². The van der Waals surface area contributed by atoms with E-state index in [4.69, 9.17) is 23.7 Å². The van der Waals surface area contributed by atoms with E-state index in [0.29, 0.717) is 6.04 Å². The minimum atomic E-state index is -0.376. The molecule has 0 amide bonds. The zero-order chi connectivity index (χ0) is 32.1. The Morgan fingerprint density at radius 3 is 1.86 bits per heavy atom. The maximum Gasteiger partial charge on any atom is 0.311 e. The summed E-state index contributed by atoms with van der Waals surface area (Å²) in [6, 6.07) is 0.506. The molecule has 0 aromatic heterocycles. The van der Waals surface area contributed by atoms with Crippen molar-refractivity contribution in [3.8, 4) is 0 Å². The summed E-state index contributed by atoms with van der Waals surface area (Å²) in [5.41, 5.74) is 0. The van der Waals surface area contributed by atoms with Crippen molar-refractivity contribution < 1.29 is 33.3 Å². The molecule has 4 rings (SSSR count). The molecule has 4 saturated heterocycles. The minimum Gasteiger partial charge on any atom is -0.462 e. The average molecular weight is 622 g/mol. The third kappa shape index (κ3) is 8.38. The highest BCUT2D eigenvalue weighted by atomic mass is 16.6. The second kappa shape index (κ2) is 16.1. The van der Waals surface area contributed by atoms with Gasteiger partial charge in [0.05, 0.1) is 48.5 Å². The molecule has 254 valence electrons. The molecule has 0 saturated carbocycles. The van der Waals surface area contributed by atoms with Gasteiger partial charge in [0, 0.05) is 23.8 Å². The molecule has 14 atom stereocenters. The molecule has 44 heavy (non-hydrogen) atoms. The fourth-order valence-electron chi connectivity index (χ4n) is 8.28. The number of rotatable bonds is 9. The second-order valence-electron chi connectivity index (χ2n) is 14.9. The van der Waals surface area contributed by atoms with E-state index in [1.54, 1.807) is 0 Å². The van der Waals surface area contributed by atoms with E-state index >= 15 is 0 Å². The number of hydrogen-bond donors (Lipinski definition) is 0. The first-order chi connectivity index (χ1) is 20.9. The Labute approximate surface area is 267 Å². The molecule has 4 bridgehead atoms. The predicted molar refractivity (Wildman–Crippen MR) is 171 cm³/mol. The molecule has 0 aliphatic carbocycles. The monoisotopic (exact) mass is 621 g/mol. The van der Waals surface area contributed by atoms with Gasteiger partial charge in [-0.2, -0.15) is 0 Å². The number of nitrogens with zero attached hydrogens (tertiary/aromatic N) is 1. The van der Waals surface area contributed by atoms with Crippen molar-refractivity contribution >= 4 is 11.9 Å². The van der Waals surface area contributed by atoms with Gasteiger partial charge in [0.2, 0.25) is 0 Å². The number of carbonyl (C=O) groups is 2. The lowest BCUT2D eigenvalue weighted by Gasteiger charge is -2.37. The Hall–Kier alpha value is -1.22. The first-order valence-electron chi connectivity index (χ1n) is 18.0. The molecule has 0 radical (unpaired) electrons. The predicted octanol–water partition coefficient (Wildman–Crippen LogP) is 6.57. The smallest absolute Gasteiger partial charge is 0.311 e. The molecule has 4 aliphatic rings. The summed E-state index contributed by atoms with van der Waals surface area (Å²) in [4.78, 5) is 29.5. The fourth-order valence-corrected chi connectivity index (χ4v) is 8.28. The van der Waals surface area contributed by atoms with E-state index in [9.17, 15) is 9.59 Å². The highest BCUT2D eigenvalue weighted by Gasteiger charge is 2.46. The van der Waals surface area contributed by atoms with E-state index in [2.05, 4.69) is 53.6 Å². The van der Waals surface area contributed by atoms with E-state index in [-0.39, 0.29) is 90.4 Å². The largest absolute Gasteiger partial charge is 0.462 e. The number of cyclic esters (lactones) is 2. The van der Waals surface area contributed by atoms with Gasteiger partial charge in [0.25, 0.3) is 0 Å². The summed E-state index contributed by atoms with van der Waals surface area (Å²) in [5, 5.41) is 0. The van der Waals surface area contributed by atoms with Crippen LogP contribution < -0.4 is 0 Å². The van der Waals surface area contributed by atoms with E-state index in [1.165, 1.54) is 0 Å². The molecule has 4 heterocycles. The van der Waals surface area contributed by atoms with Crippen LogP contribution in [0.1, 0.15) is 119 Å². The molecule has 0 N–H and O–H groups in total.